The molecule has 0 spiro atoms. The molecule has 0 saturated carbocycles. The SMILES string of the molecule is Cc1cc2cc3[te]c(C4=CC=CC4)cc3cc2s1. The van der Waals surface area contributed by atoms with Crippen LogP contribution in [0, 0.1) is 6.92 Å². The van der Waals surface area contributed by atoms with Gasteiger partial charge in [-0.15, -0.1) is 0 Å². The Balaban J connectivity index is 1.94. The van der Waals surface area contributed by atoms with Crippen LogP contribution < -0.4 is 0 Å². The van der Waals surface area contributed by atoms with Crippen molar-refractivity contribution in [3.05, 3.63) is 50.9 Å². The summed E-state index contributed by atoms with van der Waals surface area (Å²) in [5, 5.41) is 2.92. The van der Waals surface area contributed by atoms with E-state index >= 15 is 0 Å². The van der Waals surface area contributed by atoms with Gasteiger partial charge >= 0.3 is 121 Å². The predicted molar refractivity (Wildman–Crippen MR) is 82.7 cm³/mol. The fourth-order valence-electron chi connectivity index (χ4n) is 2.49. The van der Waals surface area contributed by atoms with Gasteiger partial charge in [-0.05, 0) is 0 Å². The normalized spacial score (nSPS) is 14.8. The van der Waals surface area contributed by atoms with Crippen LogP contribution in [0.25, 0.3) is 24.4 Å². The molecule has 2 aromatic heterocycles. The first-order valence-corrected chi connectivity index (χ1v) is 9.24. The van der Waals surface area contributed by atoms with E-state index in [1.54, 1.807) is 12.6 Å². The fourth-order valence-corrected chi connectivity index (χ4v) is 6.66. The second-order valence-electron chi connectivity index (χ2n) is 4.72. The number of hydrogen-bond donors (Lipinski definition) is 0. The summed E-state index contributed by atoms with van der Waals surface area (Å²) in [5.74, 6) is 0. The molecule has 0 bridgehead atoms. The van der Waals surface area contributed by atoms with Crippen molar-refractivity contribution < 1.29 is 0 Å². The van der Waals surface area contributed by atoms with Crippen LogP contribution in [-0.4, -0.2) is 20.4 Å². The average molecular weight is 364 g/mol. The van der Waals surface area contributed by atoms with Gasteiger partial charge in [-0.2, -0.15) is 0 Å². The number of rotatable bonds is 1. The molecule has 1 aromatic carbocycles. The zero-order valence-electron chi connectivity index (χ0n) is 10.1. The molecule has 0 atom stereocenters. The summed E-state index contributed by atoms with van der Waals surface area (Å²) in [5.41, 5.74) is 1.55. The van der Waals surface area contributed by atoms with Crippen LogP contribution in [0.5, 0.6) is 0 Å². The third kappa shape index (κ3) is 1.72. The maximum atomic E-state index is 2.44. The van der Waals surface area contributed by atoms with Gasteiger partial charge in [-0.25, -0.2) is 0 Å². The molecule has 0 unspecified atom stereocenters. The van der Waals surface area contributed by atoms with Crippen LogP contribution in [-0.2, 0) is 0 Å². The fraction of sp³-hybridized carbons (Fsp3) is 0.125. The molecular weight excluding hydrogens is 352 g/mol. The Kier molecular flexibility index (Phi) is 2.52. The molecule has 0 N–H and O–H groups in total. The number of thiophene rings is 1. The van der Waals surface area contributed by atoms with E-state index in [2.05, 4.69) is 49.4 Å². The van der Waals surface area contributed by atoms with Gasteiger partial charge in [0, 0.05) is 0 Å². The molecule has 0 radical (unpaired) electrons. The van der Waals surface area contributed by atoms with Gasteiger partial charge < -0.3 is 0 Å². The van der Waals surface area contributed by atoms with Crippen LogP contribution in [0.15, 0.2) is 42.5 Å². The van der Waals surface area contributed by atoms with Gasteiger partial charge in [0.1, 0.15) is 0 Å². The molecule has 1 aliphatic carbocycles. The quantitative estimate of drug-likeness (QED) is 0.547. The van der Waals surface area contributed by atoms with Gasteiger partial charge in [-0.1, -0.05) is 0 Å². The Morgan fingerprint density at radius 3 is 2.89 bits per heavy atom. The molecule has 1 aliphatic rings. The minimum absolute atomic E-state index is 0.159. The number of hydrogen-bond acceptors (Lipinski definition) is 1. The van der Waals surface area contributed by atoms with E-state index in [9.17, 15) is 0 Å². The van der Waals surface area contributed by atoms with E-state index in [1.807, 2.05) is 11.3 Å². The Morgan fingerprint density at radius 1 is 1.11 bits per heavy atom. The number of allylic oxidation sites excluding steroid dienone is 4. The third-order valence-electron chi connectivity index (χ3n) is 3.37. The Hall–Kier alpha value is -0.810. The maximum absolute atomic E-state index is 2.44. The summed E-state index contributed by atoms with van der Waals surface area (Å²) >= 11 is 1.75. The summed E-state index contributed by atoms with van der Waals surface area (Å²) in [6.45, 7) is 2.20. The van der Waals surface area contributed by atoms with Gasteiger partial charge in [0.15, 0.2) is 0 Å². The second kappa shape index (κ2) is 4.10. The molecule has 3 aromatic rings. The van der Waals surface area contributed by atoms with Gasteiger partial charge in [-0.3, -0.25) is 0 Å². The molecule has 88 valence electrons. The monoisotopic (exact) mass is 366 g/mol. The van der Waals surface area contributed by atoms with E-state index < -0.39 is 0 Å². The first kappa shape index (κ1) is 11.1. The van der Waals surface area contributed by atoms with E-state index in [-0.39, 0.29) is 20.4 Å². The number of aryl methyl sites for hydroxylation is 1. The van der Waals surface area contributed by atoms with E-state index in [0.29, 0.717) is 0 Å². The van der Waals surface area contributed by atoms with Crippen molar-refractivity contribution >= 4 is 56.2 Å². The zero-order valence-corrected chi connectivity index (χ0v) is 13.2. The number of fused-ring (bicyclic) bond motifs is 2. The molecule has 0 saturated heterocycles. The van der Waals surface area contributed by atoms with Crippen molar-refractivity contribution in [2.24, 2.45) is 0 Å². The van der Waals surface area contributed by atoms with E-state index in [1.165, 1.54) is 20.3 Å². The van der Waals surface area contributed by atoms with E-state index in [0.717, 1.165) is 6.42 Å². The van der Waals surface area contributed by atoms with Gasteiger partial charge in [0.25, 0.3) is 0 Å². The first-order chi connectivity index (χ1) is 8.79. The van der Waals surface area contributed by atoms with Crippen molar-refractivity contribution in [2.45, 2.75) is 13.3 Å². The summed E-state index contributed by atoms with van der Waals surface area (Å²) in [6.07, 6.45) is 7.87. The van der Waals surface area contributed by atoms with Crippen LogP contribution in [0.2, 0.25) is 0 Å². The molecule has 0 aliphatic heterocycles. The molecule has 2 heterocycles. The van der Waals surface area contributed by atoms with Crippen molar-refractivity contribution in [1.82, 2.24) is 0 Å². The van der Waals surface area contributed by atoms with Gasteiger partial charge in [0.05, 0.1) is 0 Å². The Morgan fingerprint density at radius 2 is 2.06 bits per heavy atom. The van der Waals surface area contributed by atoms with Crippen LogP contribution in [0.1, 0.15) is 14.9 Å². The molecule has 2 heteroatoms. The summed E-state index contributed by atoms with van der Waals surface area (Å²) in [6, 6.07) is 9.58. The first-order valence-electron chi connectivity index (χ1n) is 6.09. The standard InChI is InChI=1S/C16H12STe/c1-10-6-12-8-16-13(7-14(12)17-10)9-15(18-16)11-4-2-3-5-11/h2-4,6-9H,5H2,1H3. The summed E-state index contributed by atoms with van der Waals surface area (Å²) < 4.78 is 4.69. The van der Waals surface area contributed by atoms with Crippen molar-refractivity contribution in [3.8, 4) is 0 Å². The van der Waals surface area contributed by atoms with Crippen LogP contribution >= 0.6 is 11.3 Å². The van der Waals surface area contributed by atoms with Crippen LogP contribution in [0.3, 0.4) is 0 Å². The zero-order chi connectivity index (χ0) is 12.1. The molecule has 18 heavy (non-hydrogen) atoms. The molecule has 4 rings (SSSR count). The van der Waals surface area contributed by atoms with Gasteiger partial charge in [0.2, 0.25) is 0 Å². The average Bonchev–Trinajstić information content (AvgIpc) is 3.02. The van der Waals surface area contributed by atoms with Crippen molar-refractivity contribution in [1.29, 1.82) is 0 Å². The predicted octanol–water partition coefficient (Wildman–Crippen LogP) is 4.76. The number of benzene rings is 1. The molecular formula is C16H12STe. The summed E-state index contributed by atoms with van der Waals surface area (Å²) in [7, 11) is 0. The van der Waals surface area contributed by atoms with Crippen molar-refractivity contribution in [2.75, 3.05) is 0 Å². The Labute approximate surface area is 120 Å². The van der Waals surface area contributed by atoms with Crippen molar-refractivity contribution in [3.63, 3.8) is 0 Å². The van der Waals surface area contributed by atoms with E-state index in [4.69, 9.17) is 0 Å². The third-order valence-corrected chi connectivity index (χ3v) is 7.73. The second-order valence-corrected chi connectivity index (χ2v) is 9.10. The summed E-state index contributed by atoms with van der Waals surface area (Å²) in [4.78, 5) is 1.42. The molecule has 0 nitrogen and oxygen atoms in total. The molecule has 0 fully saturated rings. The topological polar surface area (TPSA) is 0 Å². The van der Waals surface area contributed by atoms with Crippen LogP contribution in [0.4, 0.5) is 0 Å². The molecule has 0 amide bonds. The Bertz CT molecular complexity index is 763. The minimum atomic E-state index is -0.159.